The van der Waals surface area contributed by atoms with E-state index in [-0.39, 0.29) is 23.4 Å². The van der Waals surface area contributed by atoms with Gasteiger partial charge in [-0.25, -0.2) is 8.42 Å². The highest BCUT2D eigenvalue weighted by Gasteiger charge is 2.29. The highest BCUT2D eigenvalue weighted by molar-refractivity contribution is 7.92. The third-order valence-electron chi connectivity index (χ3n) is 7.31. The number of nitrogens with zero attached hydrogens (tertiary/aromatic N) is 2. The molecule has 0 aromatic heterocycles. The van der Waals surface area contributed by atoms with Gasteiger partial charge in [0.1, 0.15) is 6.54 Å². The molecule has 3 aromatic carbocycles. The van der Waals surface area contributed by atoms with Gasteiger partial charge in [0.15, 0.2) is 0 Å². The Kier molecular flexibility index (Phi) is 8.46. The van der Waals surface area contributed by atoms with E-state index in [0.717, 1.165) is 35.3 Å². The second-order valence-electron chi connectivity index (χ2n) is 10.7. The van der Waals surface area contributed by atoms with Gasteiger partial charge in [-0.2, -0.15) is 0 Å². The fourth-order valence-electron chi connectivity index (χ4n) is 5.12. The van der Waals surface area contributed by atoms with Crippen LogP contribution in [0.25, 0.3) is 0 Å². The lowest BCUT2D eigenvalue weighted by atomic mass is 9.99. The summed E-state index contributed by atoms with van der Waals surface area (Å²) >= 11 is 0. The van der Waals surface area contributed by atoms with Crippen LogP contribution in [0.5, 0.6) is 0 Å². The van der Waals surface area contributed by atoms with Crippen molar-refractivity contribution in [3.05, 3.63) is 89.0 Å². The number of amides is 1. The van der Waals surface area contributed by atoms with E-state index in [1.807, 2.05) is 52.0 Å². The predicted octanol–water partition coefficient (Wildman–Crippen LogP) is 5.92. The number of carbonyl (C=O) groups excluding carboxylic acids is 1. The first-order chi connectivity index (χ1) is 18.0. The number of aryl methyl sites for hydroxylation is 3. The molecule has 0 radical (unpaired) electrons. The molecule has 0 aliphatic carbocycles. The largest absolute Gasteiger partial charge is 0.371 e. The van der Waals surface area contributed by atoms with Gasteiger partial charge in [0.05, 0.1) is 16.6 Å². The Bertz CT molecular complexity index is 1370. The van der Waals surface area contributed by atoms with Gasteiger partial charge in [-0.1, -0.05) is 54.4 Å². The van der Waals surface area contributed by atoms with Gasteiger partial charge in [-0.3, -0.25) is 9.10 Å². The smallest absolute Gasteiger partial charge is 0.264 e. The van der Waals surface area contributed by atoms with E-state index in [9.17, 15) is 13.2 Å². The van der Waals surface area contributed by atoms with E-state index in [0.29, 0.717) is 11.6 Å². The highest BCUT2D eigenvalue weighted by atomic mass is 32.2. The van der Waals surface area contributed by atoms with Gasteiger partial charge < -0.3 is 10.2 Å². The van der Waals surface area contributed by atoms with Gasteiger partial charge in [0.25, 0.3) is 10.0 Å². The molecule has 2 atom stereocenters. The van der Waals surface area contributed by atoms with E-state index in [1.54, 1.807) is 30.3 Å². The van der Waals surface area contributed by atoms with Crippen LogP contribution in [0.15, 0.2) is 71.6 Å². The first kappa shape index (κ1) is 27.7. The maximum atomic E-state index is 13.7. The number of benzene rings is 3. The highest BCUT2D eigenvalue weighted by Crippen LogP contribution is 2.28. The number of nitrogens with one attached hydrogen (secondary N) is 1. The average Bonchev–Trinajstić information content (AvgIpc) is 2.88. The van der Waals surface area contributed by atoms with Crippen LogP contribution in [-0.2, 0) is 14.8 Å². The Morgan fingerprint density at radius 3 is 2.29 bits per heavy atom. The van der Waals surface area contributed by atoms with Crippen molar-refractivity contribution in [2.75, 3.05) is 28.8 Å². The minimum atomic E-state index is -3.96. The molecule has 7 heteroatoms. The van der Waals surface area contributed by atoms with E-state index >= 15 is 0 Å². The molecule has 0 saturated carbocycles. The third-order valence-corrected chi connectivity index (χ3v) is 9.08. The quantitative estimate of drug-likeness (QED) is 0.390. The number of anilines is 2. The molecule has 1 aliphatic rings. The minimum Gasteiger partial charge on any atom is -0.371 e. The normalized spacial score (nSPS) is 16.7. The zero-order chi connectivity index (χ0) is 27.4. The van der Waals surface area contributed by atoms with E-state index in [1.165, 1.54) is 22.8 Å². The molecule has 1 fully saturated rings. The van der Waals surface area contributed by atoms with Crippen LogP contribution in [0, 0.1) is 26.7 Å². The number of hydrogen-bond donors (Lipinski definition) is 1. The number of piperidine rings is 1. The Morgan fingerprint density at radius 1 is 1.00 bits per heavy atom. The SMILES string of the molecule is Cc1ccc(S(=O)(=O)N(CC(=O)NC(C)c2ccc(N3CCCC(C)C3)cc2)c2ccc(C)cc2C)cc1. The maximum Gasteiger partial charge on any atom is 0.264 e. The summed E-state index contributed by atoms with van der Waals surface area (Å²) in [5, 5.41) is 3.01. The van der Waals surface area contributed by atoms with Crippen molar-refractivity contribution in [2.24, 2.45) is 5.92 Å². The van der Waals surface area contributed by atoms with Crippen molar-refractivity contribution >= 4 is 27.3 Å². The van der Waals surface area contributed by atoms with Crippen LogP contribution in [0.2, 0.25) is 0 Å². The van der Waals surface area contributed by atoms with Crippen LogP contribution >= 0.6 is 0 Å². The summed E-state index contributed by atoms with van der Waals surface area (Å²) in [6.45, 7) is 11.8. The lowest BCUT2D eigenvalue weighted by molar-refractivity contribution is -0.120. The Hall–Kier alpha value is -3.32. The third kappa shape index (κ3) is 6.38. The summed E-state index contributed by atoms with van der Waals surface area (Å²) < 4.78 is 28.7. The predicted molar refractivity (Wildman–Crippen MR) is 155 cm³/mol. The Labute approximate surface area is 227 Å². The van der Waals surface area contributed by atoms with Crippen LogP contribution in [-0.4, -0.2) is 34.0 Å². The van der Waals surface area contributed by atoms with Crippen molar-refractivity contribution in [3.8, 4) is 0 Å². The lowest BCUT2D eigenvalue weighted by Crippen LogP contribution is -2.42. The van der Waals surface area contributed by atoms with Crippen molar-refractivity contribution in [3.63, 3.8) is 0 Å². The molecule has 38 heavy (non-hydrogen) atoms. The molecule has 0 bridgehead atoms. The molecule has 1 N–H and O–H groups in total. The molecule has 1 saturated heterocycles. The fourth-order valence-corrected chi connectivity index (χ4v) is 6.61. The van der Waals surface area contributed by atoms with Crippen LogP contribution in [0.1, 0.15) is 55.0 Å². The fraction of sp³-hybridized carbons (Fsp3) is 0.387. The average molecular weight is 534 g/mol. The maximum absolute atomic E-state index is 13.7. The second-order valence-corrected chi connectivity index (χ2v) is 12.6. The topological polar surface area (TPSA) is 69.7 Å². The van der Waals surface area contributed by atoms with E-state index in [2.05, 4.69) is 29.3 Å². The van der Waals surface area contributed by atoms with Crippen LogP contribution < -0.4 is 14.5 Å². The number of carbonyl (C=O) groups is 1. The summed E-state index contributed by atoms with van der Waals surface area (Å²) in [5.41, 5.74) is 5.47. The van der Waals surface area contributed by atoms with Crippen molar-refractivity contribution in [1.29, 1.82) is 0 Å². The van der Waals surface area contributed by atoms with Gasteiger partial charge >= 0.3 is 0 Å². The second kappa shape index (κ2) is 11.6. The van der Waals surface area contributed by atoms with Crippen LogP contribution in [0.3, 0.4) is 0 Å². The number of rotatable bonds is 8. The monoisotopic (exact) mass is 533 g/mol. The molecular formula is C31H39N3O3S. The molecule has 1 aliphatic heterocycles. The standard InChI is InChI=1S/C31H39N3O3S/c1-22-8-15-29(16-9-22)38(36,37)34(30-17-10-23(2)19-25(30)4)21-31(35)32-26(5)27-11-13-28(14-12-27)33-18-6-7-24(3)20-33/h8-17,19,24,26H,6-7,18,20-21H2,1-5H3,(H,32,35). The zero-order valence-corrected chi connectivity index (χ0v) is 23.9. The van der Waals surface area contributed by atoms with E-state index < -0.39 is 10.0 Å². The van der Waals surface area contributed by atoms with Crippen LogP contribution in [0.4, 0.5) is 11.4 Å². The molecule has 2 unspecified atom stereocenters. The summed E-state index contributed by atoms with van der Waals surface area (Å²) in [5.74, 6) is 0.333. The summed E-state index contributed by atoms with van der Waals surface area (Å²) in [7, 11) is -3.96. The van der Waals surface area contributed by atoms with Gasteiger partial charge in [0, 0.05) is 18.8 Å². The first-order valence-corrected chi connectivity index (χ1v) is 14.8. The van der Waals surface area contributed by atoms with Crippen molar-refractivity contribution in [1.82, 2.24) is 5.32 Å². The number of hydrogen-bond acceptors (Lipinski definition) is 4. The summed E-state index contributed by atoms with van der Waals surface area (Å²) in [6.07, 6.45) is 2.48. The van der Waals surface area contributed by atoms with Crippen molar-refractivity contribution < 1.29 is 13.2 Å². The molecular weight excluding hydrogens is 494 g/mol. The molecule has 1 amide bonds. The molecule has 3 aromatic rings. The molecule has 1 heterocycles. The molecule has 202 valence electrons. The first-order valence-electron chi connectivity index (χ1n) is 13.4. The zero-order valence-electron chi connectivity index (χ0n) is 23.1. The van der Waals surface area contributed by atoms with Gasteiger partial charge in [0.2, 0.25) is 5.91 Å². The Balaban J connectivity index is 1.52. The van der Waals surface area contributed by atoms with E-state index in [4.69, 9.17) is 0 Å². The van der Waals surface area contributed by atoms with Gasteiger partial charge in [-0.05, 0) is 87.9 Å². The van der Waals surface area contributed by atoms with Crippen molar-refractivity contribution in [2.45, 2.75) is 58.4 Å². The molecule has 4 rings (SSSR count). The van der Waals surface area contributed by atoms with Gasteiger partial charge in [-0.15, -0.1) is 0 Å². The summed E-state index contributed by atoms with van der Waals surface area (Å²) in [6, 6.07) is 20.3. The molecule has 6 nitrogen and oxygen atoms in total. The lowest BCUT2D eigenvalue weighted by Gasteiger charge is -2.33. The summed E-state index contributed by atoms with van der Waals surface area (Å²) in [4.78, 5) is 15.8. The molecule has 0 spiro atoms. The Morgan fingerprint density at radius 2 is 1.66 bits per heavy atom. The number of sulfonamides is 1. The minimum absolute atomic E-state index is 0.159.